The van der Waals surface area contributed by atoms with E-state index in [4.69, 9.17) is 18.9 Å². The fourth-order valence-corrected chi connectivity index (χ4v) is 17.6. The van der Waals surface area contributed by atoms with E-state index in [0.717, 1.165) is 60.4 Å². The van der Waals surface area contributed by atoms with Crippen LogP contribution >= 0.6 is 0 Å². The van der Waals surface area contributed by atoms with Crippen LogP contribution in [0.25, 0.3) is 0 Å². The van der Waals surface area contributed by atoms with E-state index in [1.807, 2.05) is 38.1 Å². The van der Waals surface area contributed by atoms with Crippen molar-refractivity contribution in [3.8, 4) is 63.2 Å². The van der Waals surface area contributed by atoms with E-state index in [-0.39, 0.29) is 244 Å². The summed E-state index contributed by atoms with van der Waals surface area (Å²) < 4.78 is 107. The summed E-state index contributed by atoms with van der Waals surface area (Å²) >= 11 is 0. The highest BCUT2D eigenvalue weighted by molar-refractivity contribution is 5.63. The van der Waals surface area contributed by atoms with Gasteiger partial charge in [0.1, 0.15) is 74.1 Å². The van der Waals surface area contributed by atoms with Crippen LogP contribution < -0.4 is 0 Å². The second-order valence-electron chi connectivity index (χ2n) is 37.0. The Morgan fingerprint density at radius 2 is 0.289 bits per heavy atom. The topological polar surface area (TPSA) is 624 Å². The Morgan fingerprint density at radius 1 is 0.174 bits per heavy atom. The number of phenolic OH excluding ortho intramolecular Hbond substituents is 4. The third-order valence-electron chi connectivity index (χ3n) is 27.1. The first-order valence-electron chi connectivity index (χ1n) is 46.8. The monoisotopic (exact) mass is 2100 g/mol. The van der Waals surface area contributed by atoms with Gasteiger partial charge < -0.3 is 167 Å². The number of hydrogen-bond acceptors (Lipinski definition) is 33. The van der Waals surface area contributed by atoms with Crippen LogP contribution in [0.2, 0.25) is 0 Å². The van der Waals surface area contributed by atoms with E-state index in [0.29, 0.717) is 74.0 Å². The SMILES string of the molecule is CC(C)(c1cc(CO)c(O)c(CO)c1)c1cc(CO)c(O)c(CO)c1.CC(c1cc(CO)c(O)c(CO)c1)(c1cc(CO)c(O)c(CO)c1)C(F)(F)F.CC(c1cc(CO)c(O)c(CO)c1)(c1cc(CO)c(O)c(CO)c1)c1cc(CO)c(O)c(CO)c1.COCc1cc(C(C)(C)c2cc(CCO)c(O)c(COC)c2)cc(CCO)c1O.COCc1cc(C(C)(c2cc(CCO)c(O)c(COC)c2)C(F)(F)F)cc(CCO)c1O. The van der Waals surface area contributed by atoms with Crippen molar-refractivity contribution in [2.24, 2.45) is 0 Å². The second kappa shape index (κ2) is 54.1. The third kappa shape index (κ3) is 27.1. The van der Waals surface area contributed by atoms with E-state index in [2.05, 4.69) is 13.8 Å². The number of phenols is 11. The molecule has 0 amide bonds. The quantitative estimate of drug-likeness (QED) is 0.0125. The molecule has 0 spiro atoms. The Balaban J connectivity index is 0.000000253. The Kier molecular flexibility index (Phi) is 44.9. The van der Waals surface area contributed by atoms with E-state index in [1.54, 1.807) is 45.4 Å². The lowest BCUT2D eigenvalue weighted by molar-refractivity contribution is -0.173. The zero-order valence-corrected chi connectivity index (χ0v) is 84.5. The highest BCUT2D eigenvalue weighted by Gasteiger charge is 2.56. The van der Waals surface area contributed by atoms with Crippen molar-refractivity contribution in [3.05, 3.63) is 317 Å². The molecule has 0 aromatic heterocycles. The number of methoxy groups -OCH3 is 4. The van der Waals surface area contributed by atoms with Crippen molar-refractivity contribution < 1.29 is 193 Å². The number of alkyl halides is 6. The van der Waals surface area contributed by atoms with Crippen molar-refractivity contribution in [1.82, 2.24) is 0 Å². The summed E-state index contributed by atoms with van der Waals surface area (Å²) in [6.07, 6.45) is -9.03. The molecule has 11 aromatic carbocycles. The van der Waals surface area contributed by atoms with Crippen molar-refractivity contribution in [2.75, 3.05) is 54.9 Å². The molecule has 0 fully saturated rings. The Morgan fingerprint density at radius 3 is 0.423 bits per heavy atom. The van der Waals surface area contributed by atoms with Crippen LogP contribution in [0.5, 0.6) is 63.2 Å². The second-order valence-corrected chi connectivity index (χ2v) is 37.0. The first-order valence-corrected chi connectivity index (χ1v) is 46.8. The standard InChI is InChI=1S/C26H30O9.C23H29F3O6.C23H32O6.C19H21F3O6.C19H24O6/c1-26(20-2-14(8-27)23(33)15(3-20)9-28,21-4-16(10-29)24(34)17(5-21)11-30)22-6-18(12-31)25(35)19(7-22)13-32;1-22(23(24,25)26,18-8-14(4-6-27)20(29)16(10-18)12-31-2)19-9-15(5-7-28)21(30)17(11-19)13-32-3;1-23(2,19-9-15(5-7-24)21(26)17(11-19)13-28-3)20-10-16(6-8-25)22(27)18(12-20)14-29-4;1-18(19(20,21)22,14-2-10(6-23)16(27)11(3-14)7-24)15-4-12(8-25)17(28)13(5-15)9-26;1-19(2,15-3-11(7-20)17(24)12(4-15)8-21)16-5-13(9-22)18(25)14(6-16)10-23/h2-7,27-35H,8-13H2,1H3;8-11,27-30H,4-7,12-13H2,1-3H3;9-12,24-27H,5-8,13-14H2,1-4H3;2-5,23-28H,6-9H2,1H3;3-6,20-25H,7-10H2,1-2H3. The first kappa shape index (κ1) is 124. The van der Waals surface area contributed by atoms with E-state index in [1.165, 1.54) is 74.9 Å². The van der Waals surface area contributed by atoms with Crippen LogP contribution in [-0.2, 0) is 191 Å². The number of rotatable bonds is 41. The molecule has 0 heterocycles. The summed E-state index contributed by atoms with van der Waals surface area (Å²) in [5, 5.41) is 285. The number of hydrogen-bond donors (Lipinski definition) is 29. The molecule has 11 aromatic rings. The fourth-order valence-electron chi connectivity index (χ4n) is 17.6. The number of aliphatic hydroxyl groups excluding tert-OH is 18. The van der Waals surface area contributed by atoms with E-state index >= 15 is 0 Å². The Bertz CT molecular complexity index is 5660. The first-order chi connectivity index (χ1) is 70.4. The molecule has 149 heavy (non-hydrogen) atoms. The molecule has 39 heteroatoms. The van der Waals surface area contributed by atoms with Gasteiger partial charge in [0, 0.05) is 171 Å². The van der Waals surface area contributed by atoms with Crippen LogP contribution in [0.3, 0.4) is 0 Å². The van der Waals surface area contributed by atoms with Crippen molar-refractivity contribution in [3.63, 3.8) is 0 Å². The van der Waals surface area contributed by atoms with Gasteiger partial charge in [0.2, 0.25) is 0 Å². The summed E-state index contributed by atoms with van der Waals surface area (Å²) in [5.74, 6) is -2.23. The lowest BCUT2D eigenvalue weighted by Crippen LogP contribution is -2.41. The summed E-state index contributed by atoms with van der Waals surface area (Å²) in [6.45, 7) is 3.33. The molecule has 0 saturated heterocycles. The van der Waals surface area contributed by atoms with Crippen molar-refractivity contribution >= 4 is 0 Å². The highest BCUT2D eigenvalue weighted by Crippen LogP contribution is 2.54. The summed E-state index contributed by atoms with van der Waals surface area (Å²) in [6, 6.07) is 32.3. The lowest BCUT2D eigenvalue weighted by Gasteiger charge is -2.35. The van der Waals surface area contributed by atoms with Gasteiger partial charge in [-0.2, -0.15) is 26.3 Å². The van der Waals surface area contributed by atoms with E-state index < -0.39 is 117 Å². The maximum atomic E-state index is 14.7. The molecule has 816 valence electrons. The average Bonchev–Trinajstić information content (AvgIpc) is 0.738. The predicted octanol–water partition coefficient (Wildman–Crippen LogP) is 10.6. The van der Waals surface area contributed by atoms with Gasteiger partial charge in [-0.25, -0.2) is 0 Å². The normalized spacial score (nSPS) is 12.0. The van der Waals surface area contributed by atoms with Gasteiger partial charge in [-0.05, 0) is 239 Å². The van der Waals surface area contributed by atoms with Gasteiger partial charge in [-0.3, -0.25) is 0 Å². The molecule has 33 nitrogen and oxygen atoms in total. The van der Waals surface area contributed by atoms with Gasteiger partial charge in [0.15, 0.2) is 0 Å². The molecular formula is C110H136F6O33. The van der Waals surface area contributed by atoms with Gasteiger partial charge in [0.05, 0.1) is 119 Å². The molecule has 0 radical (unpaired) electrons. The largest absolute Gasteiger partial charge is 0.507 e. The average molecular weight is 2100 g/mol. The smallest absolute Gasteiger partial charge is 0.402 e. The van der Waals surface area contributed by atoms with Gasteiger partial charge in [-0.15, -0.1) is 0 Å². The molecule has 0 aliphatic carbocycles. The number of ether oxygens (including phenoxy) is 4. The maximum absolute atomic E-state index is 14.7. The van der Waals surface area contributed by atoms with E-state index in [9.17, 15) is 174 Å². The molecule has 29 N–H and O–H groups in total. The minimum atomic E-state index is -4.88. The summed E-state index contributed by atoms with van der Waals surface area (Å²) in [4.78, 5) is 0. The predicted molar refractivity (Wildman–Crippen MR) is 533 cm³/mol. The van der Waals surface area contributed by atoms with Crippen molar-refractivity contribution in [2.45, 2.75) is 233 Å². The number of aromatic hydroxyl groups is 11. The molecule has 0 unspecified atom stereocenters. The van der Waals surface area contributed by atoms with Gasteiger partial charge >= 0.3 is 12.4 Å². The number of aliphatic hydroxyl groups is 18. The van der Waals surface area contributed by atoms with Crippen LogP contribution in [0.4, 0.5) is 26.3 Å². The van der Waals surface area contributed by atoms with Gasteiger partial charge in [0.25, 0.3) is 0 Å². The molecule has 0 aliphatic rings. The molecule has 0 atom stereocenters. The Hall–Kier alpha value is -12.1. The van der Waals surface area contributed by atoms with Crippen LogP contribution in [0.15, 0.2) is 133 Å². The molecule has 0 saturated carbocycles. The van der Waals surface area contributed by atoms with Gasteiger partial charge in [-0.1, -0.05) is 52.0 Å². The third-order valence-corrected chi connectivity index (χ3v) is 27.1. The molecule has 11 rings (SSSR count). The van der Waals surface area contributed by atoms with Crippen molar-refractivity contribution in [1.29, 1.82) is 0 Å². The zero-order chi connectivity index (χ0) is 112. The number of benzene rings is 11. The molecule has 0 aliphatic heterocycles. The van der Waals surface area contributed by atoms with Crippen LogP contribution in [-0.4, -0.2) is 215 Å². The Labute approximate surface area is 857 Å². The highest BCUT2D eigenvalue weighted by atomic mass is 19.4. The minimum Gasteiger partial charge on any atom is -0.507 e. The molecule has 0 bridgehead atoms. The minimum absolute atomic E-state index is 0.0371. The summed E-state index contributed by atoms with van der Waals surface area (Å²) in [5.41, 5.74) is 0.808. The summed E-state index contributed by atoms with van der Waals surface area (Å²) in [7, 11) is 5.86. The van der Waals surface area contributed by atoms with Crippen LogP contribution in [0.1, 0.15) is 232 Å². The zero-order valence-electron chi connectivity index (χ0n) is 84.5. The maximum Gasteiger partial charge on any atom is 0.402 e. The lowest BCUT2D eigenvalue weighted by atomic mass is 9.69. The van der Waals surface area contributed by atoms with Crippen LogP contribution in [0, 0.1) is 0 Å². The number of halogens is 6. The fraction of sp³-hybridized carbons (Fsp3) is 0.400. The molecular weight excluding hydrogens is 1960 g/mol.